The molecule has 4 rings (SSSR count). The van der Waals surface area contributed by atoms with Crippen LogP contribution >= 0.6 is 11.3 Å². The Balaban J connectivity index is 1.37. The molecule has 0 radical (unpaired) electrons. The first-order valence-electron chi connectivity index (χ1n) is 9.82. The fourth-order valence-electron chi connectivity index (χ4n) is 3.41. The van der Waals surface area contributed by atoms with E-state index in [9.17, 15) is 9.59 Å². The molecule has 0 aliphatic rings. The van der Waals surface area contributed by atoms with Crippen LogP contribution in [0.2, 0.25) is 0 Å². The minimum absolute atomic E-state index is 0.191. The van der Waals surface area contributed by atoms with Gasteiger partial charge in [0.05, 0.1) is 31.4 Å². The third-order valence-corrected chi connectivity index (χ3v) is 6.07. The van der Waals surface area contributed by atoms with Crippen molar-refractivity contribution in [1.82, 2.24) is 9.55 Å². The number of aromatic nitrogens is 2. The van der Waals surface area contributed by atoms with Gasteiger partial charge < -0.3 is 14.2 Å². The van der Waals surface area contributed by atoms with Crippen molar-refractivity contribution in [2.24, 2.45) is 0 Å². The van der Waals surface area contributed by atoms with Gasteiger partial charge in [-0.05, 0) is 29.3 Å². The minimum atomic E-state index is -0.288. The van der Waals surface area contributed by atoms with Crippen molar-refractivity contribution < 1.29 is 19.0 Å². The smallest absolute Gasteiger partial charge is 0.306 e. The Morgan fingerprint density at radius 2 is 1.87 bits per heavy atom. The van der Waals surface area contributed by atoms with Crippen LogP contribution in [0.3, 0.4) is 0 Å². The number of nitrogens with zero attached hydrogens (tertiary/aromatic N) is 2. The van der Waals surface area contributed by atoms with Gasteiger partial charge in [-0.1, -0.05) is 18.2 Å². The zero-order valence-electron chi connectivity index (χ0n) is 17.3. The number of fused-ring (bicyclic) bond motifs is 2. The predicted octanol–water partition coefficient (Wildman–Crippen LogP) is 4.15. The summed E-state index contributed by atoms with van der Waals surface area (Å²) in [4.78, 5) is 29.3. The Kier molecular flexibility index (Phi) is 6.18. The number of carbonyl (C=O) groups excluding carboxylic acids is 1. The van der Waals surface area contributed by atoms with Crippen molar-refractivity contribution in [3.8, 4) is 11.5 Å². The van der Waals surface area contributed by atoms with Gasteiger partial charge in [-0.15, -0.1) is 11.3 Å². The number of hydrogen-bond donors (Lipinski definition) is 0. The lowest BCUT2D eigenvalue weighted by Gasteiger charge is -2.10. The van der Waals surface area contributed by atoms with Crippen LogP contribution in [0.1, 0.15) is 18.4 Å². The second kappa shape index (κ2) is 9.18. The largest absolute Gasteiger partial charge is 0.493 e. The molecule has 2 aromatic heterocycles. The summed E-state index contributed by atoms with van der Waals surface area (Å²) in [5.41, 5.74) is 1.35. The maximum Gasteiger partial charge on any atom is 0.306 e. The van der Waals surface area contributed by atoms with E-state index in [1.165, 1.54) is 29.8 Å². The molecule has 0 saturated heterocycles. The van der Waals surface area contributed by atoms with E-state index in [1.807, 2.05) is 29.6 Å². The number of methoxy groups -OCH3 is 2. The van der Waals surface area contributed by atoms with Gasteiger partial charge in [-0.2, -0.15) is 0 Å². The van der Waals surface area contributed by atoms with Crippen LogP contribution < -0.4 is 15.0 Å². The maximum atomic E-state index is 12.8. The highest BCUT2D eigenvalue weighted by molar-refractivity contribution is 7.17. The van der Waals surface area contributed by atoms with Crippen LogP contribution in [-0.2, 0) is 22.7 Å². The molecule has 0 saturated carbocycles. The molecule has 31 heavy (non-hydrogen) atoms. The van der Waals surface area contributed by atoms with E-state index in [0.717, 1.165) is 10.9 Å². The molecule has 0 aliphatic heterocycles. The van der Waals surface area contributed by atoms with Gasteiger partial charge in [0.1, 0.15) is 6.61 Å². The highest BCUT2D eigenvalue weighted by atomic mass is 32.1. The molecule has 2 heterocycles. The quantitative estimate of drug-likeness (QED) is 0.385. The van der Waals surface area contributed by atoms with Crippen molar-refractivity contribution in [2.75, 3.05) is 14.2 Å². The zero-order valence-corrected chi connectivity index (χ0v) is 18.1. The first kappa shape index (κ1) is 20.9. The molecular formula is C23H22N2O5S. The molecule has 0 unspecified atom stereocenters. The van der Waals surface area contributed by atoms with Crippen LogP contribution in [0.5, 0.6) is 11.5 Å². The van der Waals surface area contributed by atoms with Gasteiger partial charge in [0.25, 0.3) is 5.56 Å². The van der Waals surface area contributed by atoms with Gasteiger partial charge in [0.15, 0.2) is 11.5 Å². The normalized spacial score (nSPS) is 11.0. The first-order chi connectivity index (χ1) is 15.1. The summed E-state index contributed by atoms with van der Waals surface area (Å²) in [6.45, 7) is 0.620. The summed E-state index contributed by atoms with van der Waals surface area (Å²) in [6.07, 6.45) is 2.18. The van der Waals surface area contributed by atoms with Crippen LogP contribution in [0.25, 0.3) is 21.0 Å². The zero-order chi connectivity index (χ0) is 21.8. The van der Waals surface area contributed by atoms with E-state index in [2.05, 4.69) is 4.98 Å². The maximum absolute atomic E-state index is 12.8. The predicted molar refractivity (Wildman–Crippen MR) is 120 cm³/mol. The van der Waals surface area contributed by atoms with Gasteiger partial charge in [0.2, 0.25) is 0 Å². The van der Waals surface area contributed by atoms with E-state index < -0.39 is 0 Å². The Labute approximate surface area is 182 Å². The summed E-state index contributed by atoms with van der Waals surface area (Å²) in [5, 5.41) is 3.56. The van der Waals surface area contributed by atoms with Crippen molar-refractivity contribution >= 4 is 38.3 Å². The third-order valence-electron chi connectivity index (χ3n) is 5.06. The molecule has 8 heteroatoms. The molecular weight excluding hydrogens is 416 g/mol. The van der Waals surface area contributed by atoms with Crippen molar-refractivity contribution in [3.63, 3.8) is 0 Å². The highest BCUT2D eigenvalue weighted by Crippen LogP contribution is 2.30. The molecule has 2 aromatic carbocycles. The van der Waals surface area contributed by atoms with Gasteiger partial charge in [-0.25, -0.2) is 4.98 Å². The fraction of sp³-hybridized carbons (Fsp3) is 0.261. The second-order valence-corrected chi connectivity index (χ2v) is 7.90. The number of carbonyl (C=O) groups is 1. The lowest BCUT2D eigenvalue weighted by molar-refractivity contribution is -0.145. The van der Waals surface area contributed by atoms with Crippen LogP contribution in [0, 0.1) is 0 Å². The van der Waals surface area contributed by atoms with E-state index in [4.69, 9.17) is 14.2 Å². The number of thiophene rings is 1. The number of hydrogen-bond acceptors (Lipinski definition) is 7. The van der Waals surface area contributed by atoms with Gasteiger partial charge >= 0.3 is 5.97 Å². The first-order valence-corrected chi connectivity index (χ1v) is 10.7. The lowest BCUT2D eigenvalue weighted by Crippen LogP contribution is -2.21. The number of aryl methyl sites for hydroxylation is 1. The molecule has 0 fully saturated rings. The lowest BCUT2D eigenvalue weighted by atomic mass is 10.2. The average molecular weight is 439 g/mol. The topological polar surface area (TPSA) is 79.7 Å². The summed E-state index contributed by atoms with van der Waals surface area (Å²) in [5.74, 6) is 0.695. The number of esters is 1. The molecule has 160 valence electrons. The summed E-state index contributed by atoms with van der Waals surface area (Å²) >= 11 is 1.63. The molecule has 0 spiro atoms. The Morgan fingerprint density at radius 3 is 2.68 bits per heavy atom. The van der Waals surface area contributed by atoms with Crippen LogP contribution in [0.15, 0.2) is 52.9 Å². The molecule has 0 amide bonds. The second-order valence-electron chi connectivity index (χ2n) is 6.99. The summed E-state index contributed by atoms with van der Waals surface area (Å²) < 4.78 is 18.6. The molecule has 0 N–H and O–H groups in total. The highest BCUT2D eigenvalue weighted by Gasteiger charge is 2.12. The fourth-order valence-corrected chi connectivity index (χ4v) is 4.36. The van der Waals surface area contributed by atoms with Crippen LogP contribution in [0.4, 0.5) is 0 Å². The van der Waals surface area contributed by atoms with E-state index in [0.29, 0.717) is 35.4 Å². The van der Waals surface area contributed by atoms with E-state index in [1.54, 1.807) is 23.5 Å². The van der Waals surface area contributed by atoms with Gasteiger partial charge in [-0.3, -0.25) is 14.2 Å². The monoisotopic (exact) mass is 438 g/mol. The summed E-state index contributed by atoms with van der Waals surface area (Å²) in [6, 6.07) is 11.3. The standard InChI is InChI=1S/C23H22N2O5S/c1-28-19-10-17-18(11-20(19)29-2)24-14-25(23(17)27)9-5-8-22(26)30-12-15-13-31-21-7-4-3-6-16(15)21/h3-4,6-7,10-11,13-14H,5,8-9,12H2,1-2H3. The Morgan fingerprint density at radius 1 is 1.10 bits per heavy atom. The minimum Gasteiger partial charge on any atom is -0.493 e. The molecule has 0 aliphatic carbocycles. The Hall–Kier alpha value is -3.39. The summed E-state index contributed by atoms with van der Waals surface area (Å²) in [7, 11) is 3.05. The molecule has 4 aromatic rings. The molecule has 0 atom stereocenters. The average Bonchev–Trinajstić information content (AvgIpc) is 3.21. The SMILES string of the molecule is COc1cc2ncn(CCCC(=O)OCc3csc4ccccc34)c(=O)c2cc1OC. The van der Waals surface area contributed by atoms with Crippen LogP contribution in [-0.4, -0.2) is 29.7 Å². The molecule has 0 bridgehead atoms. The molecule has 7 nitrogen and oxygen atoms in total. The number of rotatable bonds is 8. The van der Waals surface area contributed by atoms with E-state index >= 15 is 0 Å². The Bertz CT molecular complexity index is 1290. The number of benzene rings is 2. The van der Waals surface area contributed by atoms with E-state index in [-0.39, 0.29) is 24.6 Å². The van der Waals surface area contributed by atoms with Crippen molar-refractivity contribution in [3.05, 3.63) is 64.0 Å². The van der Waals surface area contributed by atoms with Crippen molar-refractivity contribution in [1.29, 1.82) is 0 Å². The van der Waals surface area contributed by atoms with Gasteiger partial charge in [0, 0.05) is 29.3 Å². The van der Waals surface area contributed by atoms with Crippen molar-refractivity contribution in [2.45, 2.75) is 26.0 Å². The number of ether oxygens (including phenoxy) is 3. The third kappa shape index (κ3) is 4.39.